The minimum atomic E-state index is -0.258. The average molecular weight is 498 g/mol. The predicted octanol–water partition coefficient (Wildman–Crippen LogP) is 6.40. The van der Waals surface area contributed by atoms with Crippen LogP contribution in [-0.4, -0.2) is 37.0 Å². The summed E-state index contributed by atoms with van der Waals surface area (Å²) in [6.07, 6.45) is 0.798. The number of hydrogen-bond donors (Lipinski definition) is 1. The van der Waals surface area contributed by atoms with Gasteiger partial charge >= 0.3 is 6.03 Å². The van der Waals surface area contributed by atoms with Gasteiger partial charge in [-0.05, 0) is 73.0 Å². The summed E-state index contributed by atoms with van der Waals surface area (Å²) < 4.78 is 5.16. The molecule has 0 aromatic heterocycles. The van der Waals surface area contributed by atoms with E-state index in [9.17, 15) is 9.59 Å². The Labute approximate surface area is 209 Å². The van der Waals surface area contributed by atoms with Gasteiger partial charge < -0.3 is 15.0 Å². The lowest BCUT2D eigenvalue weighted by molar-refractivity contribution is 0.102. The van der Waals surface area contributed by atoms with Crippen molar-refractivity contribution in [2.24, 2.45) is 0 Å². The summed E-state index contributed by atoms with van der Waals surface area (Å²) in [5.74, 6) is 0.417. The fourth-order valence-corrected chi connectivity index (χ4v) is 4.25. The number of amides is 3. The number of anilines is 2. The Hall–Kier alpha value is -3.22. The Morgan fingerprint density at radius 2 is 1.76 bits per heavy atom. The molecule has 3 aromatic rings. The first-order chi connectivity index (χ1) is 16.4. The highest BCUT2D eigenvalue weighted by molar-refractivity contribution is 6.42. The molecule has 3 aromatic carbocycles. The number of rotatable bonds is 6. The minimum absolute atomic E-state index is 0.124. The molecule has 8 heteroatoms. The lowest BCUT2D eigenvalue weighted by Gasteiger charge is -2.36. The molecule has 0 atom stereocenters. The fourth-order valence-electron chi connectivity index (χ4n) is 3.93. The van der Waals surface area contributed by atoms with E-state index in [1.165, 1.54) is 0 Å². The van der Waals surface area contributed by atoms with Crippen molar-refractivity contribution in [1.82, 2.24) is 4.90 Å². The predicted molar refractivity (Wildman–Crippen MR) is 136 cm³/mol. The molecule has 6 nitrogen and oxygen atoms in total. The van der Waals surface area contributed by atoms with Crippen molar-refractivity contribution in [3.05, 3.63) is 87.4 Å². The summed E-state index contributed by atoms with van der Waals surface area (Å²) in [5.41, 5.74) is 3.63. The van der Waals surface area contributed by atoms with Gasteiger partial charge in [-0.1, -0.05) is 35.3 Å². The maximum atomic E-state index is 13.4. The van der Waals surface area contributed by atoms with Crippen LogP contribution >= 0.6 is 23.2 Å². The highest BCUT2D eigenvalue weighted by atomic mass is 35.5. The molecule has 34 heavy (non-hydrogen) atoms. The van der Waals surface area contributed by atoms with Crippen molar-refractivity contribution in [2.45, 2.75) is 19.9 Å². The molecule has 0 unspecified atom stereocenters. The number of aryl methyl sites for hydroxylation is 1. The molecule has 1 aliphatic heterocycles. The van der Waals surface area contributed by atoms with Crippen molar-refractivity contribution in [3.8, 4) is 5.75 Å². The topological polar surface area (TPSA) is 61.9 Å². The Kier molecular flexibility index (Phi) is 7.29. The number of methoxy groups -OCH3 is 1. The smallest absolute Gasteiger partial charge is 0.324 e. The van der Waals surface area contributed by atoms with Gasteiger partial charge in [-0.2, -0.15) is 0 Å². The number of urea groups is 1. The first-order valence-electron chi connectivity index (χ1n) is 10.9. The summed E-state index contributed by atoms with van der Waals surface area (Å²) in [6.45, 7) is 3.56. The lowest BCUT2D eigenvalue weighted by Crippen LogP contribution is -2.49. The SMILES string of the molecule is COc1ccc(C(=O)Nc2cc(C)ccc2N2CCCN(Cc3ccc(Cl)c(Cl)c3)C2=O)cc1. The van der Waals surface area contributed by atoms with Gasteiger partial charge in [-0.15, -0.1) is 0 Å². The minimum Gasteiger partial charge on any atom is -0.497 e. The van der Waals surface area contributed by atoms with Gasteiger partial charge in [0.05, 0.1) is 28.5 Å². The fraction of sp³-hybridized carbons (Fsp3) is 0.231. The summed E-state index contributed by atoms with van der Waals surface area (Å²) >= 11 is 12.2. The Morgan fingerprint density at radius 1 is 1.00 bits per heavy atom. The van der Waals surface area contributed by atoms with Gasteiger partial charge in [0.15, 0.2) is 0 Å². The van der Waals surface area contributed by atoms with Crippen LogP contribution in [0.4, 0.5) is 16.2 Å². The second kappa shape index (κ2) is 10.4. The zero-order valence-electron chi connectivity index (χ0n) is 19.0. The van der Waals surface area contributed by atoms with E-state index in [4.69, 9.17) is 27.9 Å². The molecule has 1 saturated heterocycles. The number of benzene rings is 3. The molecule has 0 radical (unpaired) electrons. The molecule has 3 amide bonds. The summed E-state index contributed by atoms with van der Waals surface area (Å²) in [7, 11) is 1.58. The van der Waals surface area contributed by atoms with Crippen molar-refractivity contribution in [1.29, 1.82) is 0 Å². The lowest BCUT2D eigenvalue weighted by atomic mass is 10.1. The molecule has 176 valence electrons. The maximum Gasteiger partial charge on any atom is 0.324 e. The van der Waals surface area contributed by atoms with Crippen molar-refractivity contribution in [2.75, 3.05) is 30.4 Å². The summed E-state index contributed by atoms with van der Waals surface area (Å²) in [6, 6.07) is 17.8. The standard InChI is InChI=1S/C26H25Cl2N3O3/c1-17-4-11-24(23(14-17)29-25(32)19-6-8-20(34-2)9-7-19)31-13-3-12-30(26(31)33)16-18-5-10-21(27)22(28)15-18/h4-11,14-15H,3,12-13,16H2,1-2H3,(H,29,32). The number of nitrogens with zero attached hydrogens (tertiary/aromatic N) is 2. The van der Waals surface area contributed by atoms with Gasteiger partial charge in [0.25, 0.3) is 5.91 Å². The van der Waals surface area contributed by atoms with Crippen LogP contribution in [-0.2, 0) is 6.54 Å². The number of carbonyl (C=O) groups is 2. The summed E-state index contributed by atoms with van der Waals surface area (Å²) in [5, 5.41) is 3.92. The van der Waals surface area contributed by atoms with Crippen LogP contribution in [0.2, 0.25) is 10.0 Å². The van der Waals surface area contributed by atoms with E-state index in [0.717, 1.165) is 17.5 Å². The molecular weight excluding hydrogens is 473 g/mol. The third-order valence-corrected chi connectivity index (χ3v) is 6.45. The van der Waals surface area contributed by atoms with E-state index < -0.39 is 0 Å². The zero-order chi connectivity index (χ0) is 24.2. The van der Waals surface area contributed by atoms with E-state index in [-0.39, 0.29) is 11.9 Å². The first-order valence-corrected chi connectivity index (χ1v) is 11.7. The monoisotopic (exact) mass is 497 g/mol. The van der Waals surface area contributed by atoms with Crippen LogP contribution in [0.25, 0.3) is 0 Å². The number of hydrogen-bond acceptors (Lipinski definition) is 3. The number of nitrogens with one attached hydrogen (secondary N) is 1. The van der Waals surface area contributed by atoms with Crippen LogP contribution in [0.1, 0.15) is 27.9 Å². The molecule has 1 aliphatic rings. The molecule has 1 N–H and O–H groups in total. The number of carbonyl (C=O) groups excluding carboxylic acids is 2. The third-order valence-electron chi connectivity index (χ3n) is 5.71. The Bertz CT molecular complexity index is 1210. The molecule has 4 rings (SSSR count). The highest BCUT2D eigenvalue weighted by Gasteiger charge is 2.29. The maximum absolute atomic E-state index is 13.4. The Balaban J connectivity index is 1.56. The zero-order valence-corrected chi connectivity index (χ0v) is 20.5. The van der Waals surface area contributed by atoms with Crippen LogP contribution in [0.3, 0.4) is 0 Å². The largest absolute Gasteiger partial charge is 0.497 e. The van der Waals surface area contributed by atoms with E-state index >= 15 is 0 Å². The highest BCUT2D eigenvalue weighted by Crippen LogP contribution is 2.31. The van der Waals surface area contributed by atoms with E-state index in [2.05, 4.69) is 5.32 Å². The van der Waals surface area contributed by atoms with E-state index in [0.29, 0.717) is 52.4 Å². The quantitative estimate of drug-likeness (QED) is 0.428. The molecule has 0 spiro atoms. The van der Waals surface area contributed by atoms with Gasteiger partial charge in [-0.25, -0.2) is 4.79 Å². The second-order valence-electron chi connectivity index (χ2n) is 8.16. The van der Waals surface area contributed by atoms with Gasteiger partial charge in [-0.3, -0.25) is 9.69 Å². The molecule has 1 heterocycles. The van der Waals surface area contributed by atoms with E-state index in [1.54, 1.807) is 53.3 Å². The van der Waals surface area contributed by atoms with Gasteiger partial charge in [0.2, 0.25) is 0 Å². The van der Waals surface area contributed by atoms with Crippen LogP contribution in [0, 0.1) is 6.92 Å². The number of halogens is 2. The van der Waals surface area contributed by atoms with E-state index in [1.807, 2.05) is 31.2 Å². The van der Waals surface area contributed by atoms with Crippen molar-refractivity contribution >= 4 is 46.5 Å². The second-order valence-corrected chi connectivity index (χ2v) is 8.98. The van der Waals surface area contributed by atoms with Crippen molar-refractivity contribution < 1.29 is 14.3 Å². The normalized spacial score (nSPS) is 13.7. The summed E-state index contributed by atoms with van der Waals surface area (Å²) in [4.78, 5) is 29.8. The average Bonchev–Trinajstić information content (AvgIpc) is 2.83. The van der Waals surface area contributed by atoms with Crippen molar-refractivity contribution in [3.63, 3.8) is 0 Å². The molecule has 0 aliphatic carbocycles. The van der Waals surface area contributed by atoms with Gasteiger partial charge in [0.1, 0.15) is 5.75 Å². The van der Waals surface area contributed by atoms with Crippen LogP contribution in [0.15, 0.2) is 60.7 Å². The third kappa shape index (κ3) is 5.29. The Morgan fingerprint density at radius 3 is 2.47 bits per heavy atom. The van der Waals surface area contributed by atoms with Crippen LogP contribution in [0.5, 0.6) is 5.75 Å². The van der Waals surface area contributed by atoms with Crippen LogP contribution < -0.4 is 15.0 Å². The number of ether oxygens (including phenoxy) is 1. The molecular formula is C26H25Cl2N3O3. The molecule has 1 fully saturated rings. The molecule has 0 saturated carbocycles. The molecule has 0 bridgehead atoms. The first kappa shape index (κ1) is 23.9. The van der Waals surface area contributed by atoms with Gasteiger partial charge in [0, 0.05) is 25.2 Å².